The number of hydrogen-bond acceptors (Lipinski definition) is 3. The number of anilines is 1. The summed E-state index contributed by atoms with van der Waals surface area (Å²) in [7, 11) is 0. The Balaban J connectivity index is 1.23. The average Bonchev–Trinajstić information content (AvgIpc) is 3.33. The van der Waals surface area contributed by atoms with Crippen LogP contribution in [0.15, 0.2) is 48.8 Å². The number of hydrogen-bond donors (Lipinski definition) is 0. The monoisotopic (exact) mass is 324 g/mol. The molecule has 0 bridgehead atoms. The maximum Gasteiger partial charge on any atom is 0.0489 e. The number of para-hydroxylation sites is 1. The highest BCUT2D eigenvalue weighted by molar-refractivity contribution is 5.47. The van der Waals surface area contributed by atoms with E-state index in [1.54, 1.807) is 0 Å². The second kappa shape index (κ2) is 7.39. The molecule has 2 aliphatic heterocycles. The highest BCUT2D eigenvalue weighted by Gasteiger charge is 2.30. The van der Waals surface area contributed by atoms with E-state index >= 15 is 0 Å². The van der Waals surface area contributed by atoms with E-state index in [4.69, 9.17) is 0 Å². The van der Waals surface area contributed by atoms with Crippen LogP contribution in [0.2, 0.25) is 0 Å². The van der Waals surface area contributed by atoms with Gasteiger partial charge in [0.15, 0.2) is 0 Å². The third kappa shape index (κ3) is 3.64. The molecule has 1 atom stereocenters. The molecule has 0 saturated carbocycles. The van der Waals surface area contributed by atoms with Crippen LogP contribution in [0.5, 0.6) is 0 Å². The Morgan fingerprint density at radius 3 is 2.54 bits per heavy atom. The number of aryl methyl sites for hydroxylation is 1. The molecule has 1 aromatic carbocycles. The molecule has 4 rings (SSSR count). The molecule has 0 radical (unpaired) electrons. The van der Waals surface area contributed by atoms with Gasteiger partial charge in [-0.3, -0.25) is 9.58 Å². The smallest absolute Gasteiger partial charge is 0.0489 e. The van der Waals surface area contributed by atoms with Crippen molar-refractivity contribution in [3.8, 4) is 0 Å². The number of benzene rings is 1. The second-order valence-corrected chi connectivity index (χ2v) is 7.26. The summed E-state index contributed by atoms with van der Waals surface area (Å²) < 4.78 is 2.07. The zero-order chi connectivity index (χ0) is 16.2. The zero-order valence-electron chi connectivity index (χ0n) is 14.4. The first-order valence-electron chi connectivity index (χ1n) is 9.40. The number of likely N-dealkylation sites (tertiary alicyclic amines) is 1. The molecule has 128 valence electrons. The first-order valence-corrected chi connectivity index (χ1v) is 9.40. The summed E-state index contributed by atoms with van der Waals surface area (Å²) in [6, 6.07) is 13.6. The second-order valence-electron chi connectivity index (χ2n) is 7.26. The molecule has 3 heterocycles. The van der Waals surface area contributed by atoms with Crippen molar-refractivity contribution in [1.29, 1.82) is 0 Å². The molecule has 2 aliphatic rings. The Labute approximate surface area is 145 Å². The Hall–Kier alpha value is -1.81. The van der Waals surface area contributed by atoms with Gasteiger partial charge in [-0.1, -0.05) is 18.2 Å². The molecule has 4 nitrogen and oxygen atoms in total. The van der Waals surface area contributed by atoms with E-state index in [1.165, 1.54) is 57.5 Å². The zero-order valence-corrected chi connectivity index (χ0v) is 14.4. The van der Waals surface area contributed by atoms with Crippen molar-refractivity contribution in [3.05, 3.63) is 48.8 Å². The number of nitrogens with zero attached hydrogens (tertiary/aromatic N) is 4. The maximum atomic E-state index is 4.32. The van der Waals surface area contributed by atoms with E-state index in [-0.39, 0.29) is 0 Å². The fourth-order valence-corrected chi connectivity index (χ4v) is 4.27. The van der Waals surface area contributed by atoms with E-state index in [2.05, 4.69) is 56.1 Å². The first-order chi connectivity index (χ1) is 11.9. The van der Waals surface area contributed by atoms with Gasteiger partial charge in [0.2, 0.25) is 0 Å². The minimum Gasteiger partial charge on any atom is -0.370 e. The first kappa shape index (κ1) is 15.7. The molecular weight excluding hydrogens is 296 g/mol. The summed E-state index contributed by atoms with van der Waals surface area (Å²) in [6.07, 6.45) is 9.24. The van der Waals surface area contributed by atoms with Crippen molar-refractivity contribution in [3.63, 3.8) is 0 Å². The van der Waals surface area contributed by atoms with Crippen molar-refractivity contribution in [2.45, 2.75) is 38.3 Å². The van der Waals surface area contributed by atoms with Crippen molar-refractivity contribution >= 4 is 5.69 Å². The molecule has 2 saturated heterocycles. The van der Waals surface area contributed by atoms with Crippen LogP contribution >= 0.6 is 0 Å². The topological polar surface area (TPSA) is 24.3 Å². The van der Waals surface area contributed by atoms with E-state index in [0.29, 0.717) is 0 Å². The molecular formula is C20H28N4. The summed E-state index contributed by atoms with van der Waals surface area (Å²) in [4.78, 5) is 5.29. The molecule has 24 heavy (non-hydrogen) atoms. The summed E-state index contributed by atoms with van der Waals surface area (Å²) >= 11 is 0. The van der Waals surface area contributed by atoms with Gasteiger partial charge in [-0.25, -0.2) is 0 Å². The van der Waals surface area contributed by atoms with Gasteiger partial charge < -0.3 is 4.90 Å². The number of rotatable bonds is 5. The molecule has 1 unspecified atom stereocenters. The van der Waals surface area contributed by atoms with Crippen molar-refractivity contribution < 1.29 is 0 Å². The lowest BCUT2D eigenvalue weighted by Gasteiger charge is -2.36. The number of piperidine rings is 1. The van der Waals surface area contributed by atoms with Gasteiger partial charge in [-0.15, -0.1) is 0 Å². The maximum absolute atomic E-state index is 4.32. The van der Waals surface area contributed by atoms with Gasteiger partial charge in [0.05, 0.1) is 0 Å². The summed E-state index contributed by atoms with van der Waals surface area (Å²) in [5, 5.41) is 4.32. The Morgan fingerprint density at radius 1 is 0.958 bits per heavy atom. The lowest BCUT2D eigenvalue weighted by Crippen LogP contribution is -2.43. The lowest BCUT2D eigenvalue weighted by molar-refractivity contribution is 0.135. The highest BCUT2D eigenvalue weighted by Crippen LogP contribution is 2.27. The van der Waals surface area contributed by atoms with Gasteiger partial charge in [0.25, 0.3) is 0 Å². The largest absolute Gasteiger partial charge is 0.370 e. The van der Waals surface area contributed by atoms with Gasteiger partial charge in [-0.05, 0) is 62.9 Å². The normalized spacial score (nSPS) is 23.0. The Bertz CT molecular complexity index is 602. The van der Waals surface area contributed by atoms with Crippen molar-refractivity contribution in [2.24, 2.45) is 5.92 Å². The van der Waals surface area contributed by atoms with Crippen LogP contribution in [0.25, 0.3) is 0 Å². The minimum atomic E-state index is 0.747. The molecule has 4 heteroatoms. The van der Waals surface area contributed by atoms with E-state index in [0.717, 1.165) is 18.5 Å². The molecule has 0 amide bonds. The molecule has 0 N–H and O–H groups in total. The van der Waals surface area contributed by atoms with Gasteiger partial charge in [0, 0.05) is 43.8 Å². The SMILES string of the molecule is c1ccc(N2CCC(N3CCC(CCn4cccn4)CC3)C2)cc1. The Kier molecular flexibility index (Phi) is 4.83. The predicted molar refractivity (Wildman–Crippen MR) is 98.2 cm³/mol. The van der Waals surface area contributed by atoms with Crippen LogP contribution in [-0.4, -0.2) is 46.9 Å². The van der Waals surface area contributed by atoms with Crippen molar-refractivity contribution in [2.75, 3.05) is 31.1 Å². The van der Waals surface area contributed by atoms with Gasteiger partial charge >= 0.3 is 0 Å². The van der Waals surface area contributed by atoms with Crippen LogP contribution in [0.4, 0.5) is 5.69 Å². The summed E-state index contributed by atoms with van der Waals surface area (Å²) in [5.41, 5.74) is 1.38. The van der Waals surface area contributed by atoms with Crippen LogP contribution in [0.1, 0.15) is 25.7 Å². The van der Waals surface area contributed by atoms with Gasteiger partial charge in [-0.2, -0.15) is 5.10 Å². The number of aromatic nitrogens is 2. The third-order valence-corrected chi connectivity index (χ3v) is 5.78. The standard InChI is InChI=1S/C20H28N4/c1-2-5-19(6-3-1)23-15-10-20(17-23)22-13-7-18(8-14-22)9-16-24-12-4-11-21-24/h1-6,11-12,18,20H,7-10,13-17H2. The van der Waals surface area contributed by atoms with E-state index < -0.39 is 0 Å². The quantitative estimate of drug-likeness (QED) is 0.844. The fraction of sp³-hybridized carbons (Fsp3) is 0.550. The minimum absolute atomic E-state index is 0.747. The Morgan fingerprint density at radius 2 is 1.79 bits per heavy atom. The molecule has 2 aromatic rings. The van der Waals surface area contributed by atoms with Crippen LogP contribution in [-0.2, 0) is 6.54 Å². The van der Waals surface area contributed by atoms with Crippen LogP contribution in [0.3, 0.4) is 0 Å². The lowest BCUT2D eigenvalue weighted by atomic mass is 9.92. The van der Waals surface area contributed by atoms with E-state index in [1.807, 2.05) is 12.3 Å². The van der Waals surface area contributed by atoms with Crippen molar-refractivity contribution in [1.82, 2.24) is 14.7 Å². The summed E-state index contributed by atoms with van der Waals surface area (Å²) in [6.45, 7) is 6.02. The molecule has 1 aromatic heterocycles. The fourth-order valence-electron chi connectivity index (χ4n) is 4.27. The molecule has 2 fully saturated rings. The summed E-state index contributed by atoms with van der Waals surface area (Å²) in [5.74, 6) is 0.872. The molecule has 0 aliphatic carbocycles. The van der Waals surface area contributed by atoms with E-state index in [9.17, 15) is 0 Å². The van der Waals surface area contributed by atoms with Gasteiger partial charge in [0.1, 0.15) is 0 Å². The van der Waals surface area contributed by atoms with Crippen LogP contribution < -0.4 is 4.90 Å². The predicted octanol–water partition coefficient (Wildman–Crippen LogP) is 3.26. The average molecular weight is 324 g/mol. The van der Waals surface area contributed by atoms with Crippen LogP contribution in [0, 0.1) is 5.92 Å². The molecule has 0 spiro atoms. The highest BCUT2D eigenvalue weighted by atomic mass is 15.3. The third-order valence-electron chi connectivity index (χ3n) is 5.78.